The summed E-state index contributed by atoms with van der Waals surface area (Å²) in [5.74, 6) is 0.139. The second-order valence-corrected chi connectivity index (χ2v) is 8.78. The Morgan fingerprint density at radius 3 is 2.62 bits per heavy atom. The van der Waals surface area contributed by atoms with Crippen molar-refractivity contribution in [3.8, 4) is 0 Å². The molecule has 2 heterocycles. The van der Waals surface area contributed by atoms with E-state index in [9.17, 15) is 14.9 Å². The summed E-state index contributed by atoms with van der Waals surface area (Å²) in [6.45, 7) is 7.91. The zero-order valence-corrected chi connectivity index (χ0v) is 19.5. The predicted molar refractivity (Wildman–Crippen MR) is 121 cm³/mol. The van der Waals surface area contributed by atoms with Crippen LogP contribution < -0.4 is 5.32 Å². The van der Waals surface area contributed by atoms with E-state index in [4.69, 9.17) is 4.74 Å². The second-order valence-electron chi connectivity index (χ2n) is 7.77. The predicted octanol–water partition coefficient (Wildman–Crippen LogP) is 2.74. The van der Waals surface area contributed by atoms with Crippen LogP contribution in [-0.2, 0) is 11.8 Å². The van der Waals surface area contributed by atoms with Crippen molar-refractivity contribution in [1.29, 1.82) is 0 Å². The van der Waals surface area contributed by atoms with Crippen molar-refractivity contribution >= 4 is 23.4 Å². The maximum Gasteiger partial charge on any atom is 0.284 e. The molecule has 0 radical (unpaired) electrons. The number of morpholine rings is 1. The number of rotatable bonds is 10. The Hall–Kier alpha value is -2.50. The van der Waals surface area contributed by atoms with Crippen molar-refractivity contribution in [2.45, 2.75) is 42.8 Å². The van der Waals surface area contributed by atoms with E-state index < -0.39 is 4.92 Å². The zero-order chi connectivity index (χ0) is 23.1. The smallest absolute Gasteiger partial charge is 0.284 e. The number of nitrogens with one attached hydrogen (secondary N) is 1. The molecule has 32 heavy (non-hydrogen) atoms. The molecule has 1 atom stereocenters. The van der Waals surface area contributed by atoms with Crippen LogP contribution in [0.2, 0.25) is 0 Å². The van der Waals surface area contributed by atoms with Crippen molar-refractivity contribution in [3.63, 3.8) is 0 Å². The molecular weight excluding hydrogens is 432 g/mol. The third-order valence-electron chi connectivity index (χ3n) is 5.87. The molecule has 0 saturated carbocycles. The van der Waals surface area contributed by atoms with E-state index in [0.29, 0.717) is 35.7 Å². The van der Waals surface area contributed by atoms with Gasteiger partial charge in [0.2, 0.25) is 0 Å². The van der Waals surface area contributed by atoms with Crippen LogP contribution in [0.15, 0.2) is 34.6 Å². The maximum atomic E-state index is 12.9. The highest BCUT2D eigenvalue weighted by Gasteiger charge is 2.28. The fraction of sp³-hybridized carbons (Fsp3) is 0.571. The summed E-state index contributed by atoms with van der Waals surface area (Å²) in [6.07, 6.45) is 3.57. The number of ether oxygens (including phenoxy) is 1. The van der Waals surface area contributed by atoms with E-state index >= 15 is 0 Å². The SMILES string of the molecule is CCC(CC)C(CNC(=O)c1ccc(Sc2nncn2C)c([N+](=O)[O-])c1)N1CCOCC1. The first kappa shape index (κ1) is 24.1. The van der Waals surface area contributed by atoms with E-state index in [2.05, 4.69) is 34.3 Å². The molecule has 0 spiro atoms. The highest BCUT2D eigenvalue weighted by atomic mass is 32.2. The quantitative estimate of drug-likeness (QED) is 0.423. The van der Waals surface area contributed by atoms with Gasteiger partial charge in [0.05, 0.1) is 23.0 Å². The highest BCUT2D eigenvalue weighted by Crippen LogP contribution is 2.34. The van der Waals surface area contributed by atoms with Crippen LogP contribution in [0, 0.1) is 16.0 Å². The summed E-state index contributed by atoms with van der Waals surface area (Å²) in [5, 5.41) is 22.9. The van der Waals surface area contributed by atoms with Crippen LogP contribution in [0.3, 0.4) is 0 Å². The minimum Gasteiger partial charge on any atom is -0.379 e. The van der Waals surface area contributed by atoms with Crippen molar-refractivity contribution in [2.24, 2.45) is 13.0 Å². The first-order chi connectivity index (χ1) is 15.4. The van der Waals surface area contributed by atoms with Gasteiger partial charge in [-0.25, -0.2) is 0 Å². The number of carbonyl (C=O) groups excluding carboxylic acids is 1. The molecule has 0 bridgehead atoms. The molecule has 174 valence electrons. The molecule has 1 amide bonds. The number of nitro groups is 1. The minimum atomic E-state index is -0.476. The first-order valence-electron chi connectivity index (χ1n) is 10.8. The summed E-state index contributed by atoms with van der Waals surface area (Å²) in [4.78, 5) is 26.8. The highest BCUT2D eigenvalue weighted by molar-refractivity contribution is 7.99. The van der Waals surface area contributed by atoms with Gasteiger partial charge in [-0.1, -0.05) is 26.7 Å². The Kier molecular flexibility index (Phi) is 8.60. The molecule has 1 saturated heterocycles. The summed E-state index contributed by atoms with van der Waals surface area (Å²) in [7, 11) is 1.76. The van der Waals surface area contributed by atoms with Gasteiger partial charge in [0.15, 0.2) is 5.16 Å². The molecule has 1 aliphatic heterocycles. The lowest BCUT2D eigenvalue weighted by molar-refractivity contribution is -0.387. The summed E-state index contributed by atoms with van der Waals surface area (Å²) in [6, 6.07) is 4.74. The minimum absolute atomic E-state index is 0.129. The monoisotopic (exact) mass is 462 g/mol. The molecule has 1 N–H and O–H groups in total. The lowest BCUT2D eigenvalue weighted by Crippen LogP contribution is -2.52. The number of aromatic nitrogens is 3. The number of hydrogen-bond acceptors (Lipinski definition) is 8. The van der Waals surface area contributed by atoms with Crippen LogP contribution in [0.1, 0.15) is 37.0 Å². The third-order valence-corrected chi connectivity index (χ3v) is 6.99. The van der Waals surface area contributed by atoms with Gasteiger partial charge in [0.25, 0.3) is 11.6 Å². The van der Waals surface area contributed by atoms with Crippen LogP contribution >= 0.6 is 11.8 Å². The molecule has 1 aliphatic rings. The average Bonchev–Trinajstić information content (AvgIpc) is 3.21. The van der Waals surface area contributed by atoms with Crippen LogP contribution in [0.4, 0.5) is 5.69 Å². The molecule has 0 aliphatic carbocycles. The molecule has 1 aromatic heterocycles. The van der Waals surface area contributed by atoms with Crippen LogP contribution in [0.25, 0.3) is 0 Å². The van der Waals surface area contributed by atoms with Gasteiger partial charge < -0.3 is 14.6 Å². The van der Waals surface area contributed by atoms with Gasteiger partial charge in [-0.2, -0.15) is 0 Å². The van der Waals surface area contributed by atoms with E-state index in [1.165, 1.54) is 12.4 Å². The molecule has 1 fully saturated rings. The fourth-order valence-corrected chi connectivity index (χ4v) is 4.84. The second kappa shape index (κ2) is 11.4. The summed E-state index contributed by atoms with van der Waals surface area (Å²) in [5.41, 5.74) is 0.139. The number of nitro benzene ring substituents is 1. The average molecular weight is 463 g/mol. The lowest BCUT2D eigenvalue weighted by atomic mass is 9.92. The van der Waals surface area contributed by atoms with E-state index in [1.54, 1.807) is 23.7 Å². The van der Waals surface area contributed by atoms with Crippen molar-refractivity contribution in [2.75, 3.05) is 32.8 Å². The van der Waals surface area contributed by atoms with Crippen LogP contribution in [-0.4, -0.2) is 69.4 Å². The largest absolute Gasteiger partial charge is 0.379 e. The molecular formula is C21H30N6O4S. The number of nitrogens with zero attached hydrogens (tertiary/aromatic N) is 5. The Balaban J connectivity index is 1.73. The van der Waals surface area contributed by atoms with Gasteiger partial charge >= 0.3 is 0 Å². The van der Waals surface area contributed by atoms with Crippen molar-refractivity contribution in [1.82, 2.24) is 25.0 Å². The standard InChI is InChI=1S/C21H30N6O4S/c1-4-15(5-2)18(26-8-10-31-11-9-26)13-22-20(28)16-6-7-19(17(12-16)27(29)30)32-21-24-23-14-25(21)3/h6-7,12,14-15,18H,4-5,8-11,13H2,1-3H3,(H,22,28). The fourth-order valence-electron chi connectivity index (χ4n) is 3.99. The number of benzene rings is 1. The summed E-state index contributed by atoms with van der Waals surface area (Å²) < 4.78 is 7.16. The summed E-state index contributed by atoms with van der Waals surface area (Å²) >= 11 is 1.14. The van der Waals surface area contributed by atoms with E-state index in [-0.39, 0.29) is 23.2 Å². The molecule has 1 aromatic carbocycles. The molecule has 1 unspecified atom stereocenters. The number of hydrogen-bond donors (Lipinski definition) is 1. The van der Waals surface area contributed by atoms with Crippen molar-refractivity contribution < 1.29 is 14.5 Å². The lowest BCUT2D eigenvalue weighted by Gasteiger charge is -2.38. The normalized spacial score (nSPS) is 15.6. The van der Waals surface area contributed by atoms with Gasteiger partial charge in [0, 0.05) is 44.4 Å². The van der Waals surface area contributed by atoms with Gasteiger partial charge in [0.1, 0.15) is 6.33 Å². The molecule has 11 heteroatoms. The first-order valence-corrected chi connectivity index (χ1v) is 11.7. The zero-order valence-electron chi connectivity index (χ0n) is 18.7. The van der Waals surface area contributed by atoms with E-state index in [1.807, 2.05) is 0 Å². The van der Waals surface area contributed by atoms with Gasteiger partial charge in [-0.15, -0.1) is 10.2 Å². The number of aryl methyl sites for hydroxylation is 1. The maximum absolute atomic E-state index is 12.9. The number of amides is 1. The Bertz CT molecular complexity index is 927. The van der Waals surface area contributed by atoms with Crippen molar-refractivity contribution in [3.05, 3.63) is 40.2 Å². The van der Waals surface area contributed by atoms with Gasteiger partial charge in [-0.3, -0.25) is 19.8 Å². The topological polar surface area (TPSA) is 115 Å². The number of carbonyl (C=O) groups is 1. The van der Waals surface area contributed by atoms with Crippen LogP contribution in [0.5, 0.6) is 0 Å². The molecule has 3 rings (SSSR count). The Labute approximate surface area is 191 Å². The Morgan fingerprint density at radius 1 is 1.31 bits per heavy atom. The van der Waals surface area contributed by atoms with E-state index in [0.717, 1.165) is 37.7 Å². The van der Waals surface area contributed by atoms with Gasteiger partial charge in [-0.05, 0) is 29.8 Å². The Morgan fingerprint density at radius 2 is 2.03 bits per heavy atom. The molecule has 2 aromatic rings. The molecule has 10 nitrogen and oxygen atoms in total. The third kappa shape index (κ3) is 5.84.